The smallest absolute Gasteiger partial charge is 0.196 e. The fraction of sp³-hybridized carbons (Fsp3) is 0.150. The van der Waals surface area contributed by atoms with Crippen LogP contribution < -0.4 is 4.90 Å². The van der Waals surface area contributed by atoms with Crippen molar-refractivity contribution in [3.8, 4) is 0 Å². The highest BCUT2D eigenvalue weighted by atomic mass is 16.1. The zero-order chi connectivity index (χ0) is 15.4. The molecule has 2 heteroatoms. The van der Waals surface area contributed by atoms with E-state index in [1.165, 1.54) is 4.90 Å². The largest absolute Gasteiger partial charge is 0.330 e. The van der Waals surface area contributed by atoms with Crippen molar-refractivity contribution in [2.45, 2.75) is 0 Å². The fourth-order valence-corrected chi connectivity index (χ4v) is 2.81. The van der Waals surface area contributed by atoms with Gasteiger partial charge in [-0.05, 0) is 23.3 Å². The van der Waals surface area contributed by atoms with E-state index in [4.69, 9.17) is 0 Å². The van der Waals surface area contributed by atoms with Crippen LogP contribution in [0.4, 0.5) is 0 Å². The standard InChI is InChI=1S/C20H19NO/c1-21-14-18(12-16-8-4-2-5-9-16)20(22)19(15-21)13-17-10-6-3-7-11-17/h2-13H,14-15H2,1H3/p+1/b18-12+,19-13?. The minimum absolute atomic E-state index is 0.179. The van der Waals surface area contributed by atoms with Crippen LogP contribution >= 0.6 is 0 Å². The van der Waals surface area contributed by atoms with E-state index >= 15 is 0 Å². The molecular formula is C20H20NO+. The molecule has 1 heterocycles. The van der Waals surface area contributed by atoms with E-state index < -0.39 is 0 Å². The first-order chi connectivity index (χ1) is 10.7. The quantitative estimate of drug-likeness (QED) is 0.842. The Morgan fingerprint density at radius 1 is 0.773 bits per heavy atom. The maximum Gasteiger partial charge on any atom is 0.196 e. The van der Waals surface area contributed by atoms with Crippen molar-refractivity contribution in [1.29, 1.82) is 0 Å². The molecule has 2 aromatic carbocycles. The lowest BCUT2D eigenvalue weighted by Gasteiger charge is -2.23. The second kappa shape index (κ2) is 6.54. The number of nitrogens with one attached hydrogen (secondary N) is 1. The van der Waals surface area contributed by atoms with Crippen LogP contribution in [-0.2, 0) is 4.79 Å². The van der Waals surface area contributed by atoms with Crippen LogP contribution in [0.1, 0.15) is 11.1 Å². The van der Waals surface area contributed by atoms with Crippen LogP contribution in [0.2, 0.25) is 0 Å². The summed E-state index contributed by atoms with van der Waals surface area (Å²) in [5, 5.41) is 0. The van der Waals surface area contributed by atoms with Crippen molar-refractivity contribution in [3.63, 3.8) is 0 Å². The van der Waals surface area contributed by atoms with E-state index in [0.29, 0.717) is 0 Å². The summed E-state index contributed by atoms with van der Waals surface area (Å²) in [6.07, 6.45) is 4.04. The lowest BCUT2D eigenvalue weighted by atomic mass is 9.94. The predicted octanol–water partition coefficient (Wildman–Crippen LogP) is 2.25. The first kappa shape index (κ1) is 14.5. The topological polar surface area (TPSA) is 21.5 Å². The summed E-state index contributed by atoms with van der Waals surface area (Å²) in [6.45, 7) is 1.56. The molecule has 3 rings (SSSR count). The molecule has 1 saturated heterocycles. The third kappa shape index (κ3) is 3.41. The number of carbonyl (C=O) groups excluding carboxylic acids is 1. The number of hydrogen-bond donors (Lipinski definition) is 1. The Kier molecular flexibility index (Phi) is 4.31. The number of benzene rings is 2. The normalized spacial score (nSPS) is 22.2. The zero-order valence-electron chi connectivity index (χ0n) is 12.8. The van der Waals surface area contributed by atoms with Gasteiger partial charge in [-0.25, -0.2) is 0 Å². The maximum absolute atomic E-state index is 12.7. The molecule has 0 bridgehead atoms. The van der Waals surface area contributed by atoms with Crippen molar-refractivity contribution >= 4 is 17.9 Å². The van der Waals surface area contributed by atoms with Gasteiger partial charge >= 0.3 is 0 Å². The van der Waals surface area contributed by atoms with Crippen molar-refractivity contribution in [2.24, 2.45) is 0 Å². The van der Waals surface area contributed by atoms with Crippen LogP contribution in [0, 0.1) is 0 Å². The van der Waals surface area contributed by atoms with Gasteiger partial charge < -0.3 is 4.90 Å². The average molecular weight is 290 g/mol. The van der Waals surface area contributed by atoms with Crippen molar-refractivity contribution < 1.29 is 9.69 Å². The van der Waals surface area contributed by atoms with Gasteiger partial charge in [0.25, 0.3) is 0 Å². The van der Waals surface area contributed by atoms with Gasteiger partial charge in [-0.2, -0.15) is 0 Å². The summed E-state index contributed by atoms with van der Waals surface area (Å²) in [5.41, 5.74) is 3.94. The molecule has 2 aromatic rings. The average Bonchev–Trinajstić information content (AvgIpc) is 2.54. The molecule has 1 aliphatic heterocycles. The molecule has 1 N–H and O–H groups in total. The monoisotopic (exact) mass is 290 g/mol. The Bertz CT molecular complexity index is 652. The molecule has 0 spiro atoms. The van der Waals surface area contributed by atoms with Gasteiger partial charge in [0.15, 0.2) is 5.78 Å². The number of Topliss-reactive ketones (excluding diaryl/α,β-unsaturated/α-hetero) is 1. The predicted molar refractivity (Wildman–Crippen MR) is 90.5 cm³/mol. The van der Waals surface area contributed by atoms with E-state index in [2.05, 4.69) is 7.05 Å². The molecule has 1 fully saturated rings. The number of quaternary nitrogens is 1. The number of piperidine rings is 1. The van der Waals surface area contributed by atoms with Gasteiger partial charge in [0, 0.05) is 0 Å². The highest BCUT2D eigenvalue weighted by Gasteiger charge is 2.26. The molecule has 2 nitrogen and oxygen atoms in total. The number of likely N-dealkylation sites (tertiary alicyclic amines) is 1. The molecule has 1 aliphatic rings. The Labute approximate surface area is 131 Å². The summed E-state index contributed by atoms with van der Waals surface area (Å²) in [4.78, 5) is 14.1. The van der Waals surface area contributed by atoms with Gasteiger partial charge in [0.2, 0.25) is 0 Å². The molecule has 22 heavy (non-hydrogen) atoms. The van der Waals surface area contributed by atoms with E-state index in [0.717, 1.165) is 35.4 Å². The highest BCUT2D eigenvalue weighted by molar-refractivity contribution is 6.14. The minimum atomic E-state index is 0.179. The molecule has 110 valence electrons. The molecule has 0 radical (unpaired) electrons. The summed E-state index contributed by atoms with van der Waals surface area (Å²) >= 11 is 0. The number of likely N-dealkylation sites (N-methyl/N-ethyl adjacent to an activating group) is 1. The van der Waals surface area contributed by atoms with Crippen molar-refractivity contribution in [1.82, 2.24) is 0 Å². The SMILES string of the molecule is C[NH+]1CC(=Cc2ccccc2)C(=O)/C(=C/c2ccccc2)C1. The van der Waals surface area contributed by atoms with Crippen molar-refractivity contribution in [3.05, 3.63) is 82.9 Å². The molecule has 0 amide bonds. The summed E-state index contributed by atoms with van der Waals surface area (Å²) in [7, 11) is 2.13. The Morgan fingerprint density at radius 3 is 1.59 bits per heavy atom. The van der Waals surface area contributed by atoms with E-state index in [9.17, 15) is 4.79 Å². The van der Waals surface area contributed by atoms with E-state index in [1.807, 2.05) is 72.8 Å². The Hall–Kier alpha value is -2.45. The summed E-state index contributed by atoms with van der Waals surface area (Å²) < 4.78 is 0. The van der Waals surface area contributed by atoms with E-state index in [-0.39, 0.29) is 5.78 Å². The minimum Gasteiger partial charge on any atom is -0.330 e. The maximum atomic E-state index is 12.7. The Morgan fingerprint density at radius 2 is 1.18 bits per heavy atom. The van der Waals surface area contributed by atoms with Gasteiger partial charge in [0.05, 0.1) is 18.2 Å². The van der Waals surface area contributed by atoms with E-state index in [1.54, 1.807) is 0 Å². The van der Waals surface area contributed by atoms with Crippen LogP contribution in [0.15, 0.2) is 71.8 Å². The van der Waals surface area contributed by atoms with Gasteiger partial charge in [-0.3, -0.25) is 4.79 Å². The molecule has 1 atom stereocenters. The second-order valence-electron chi connectivity index (χ2n) is 5.80. The number of ketones is 1. The summed E-state index contributed by atoms with van der Waals surface area (Å²) in [5.74, 6) is 0.179. The highest BCUT2D eigenvalue weighted by Crippen LogP contribution is 2.15. The van der Waals surface area contributed by atoms with Gasteiger partial charge in [-0.15, -0.1) is 0 Å². The fourth-order valence-electron chi connectivity index (χ4n) is 2.81. The van der Waals surface area contributed by atoms with Crippen LogP contribution in [-0.4, -0.2) is 25.9 Å². The lowest BCUT2D eigenvalue weighted by molar-refractivity contribution is -0.870. The first-order valence-corrected chi connectivity index (χ1v) is 7.59. The second-order valence-corrected chi connectivity index (χ2v) is 5.80. The molecule has 0 aliphatic carbocycles. The third-order valence-electron chi connectivity index (χ3n) is 3.85. The lowest BCUT2D eigenvalue weighted by Crippen LogP contribution is -3.10. The van der Waals surface area contributed by atoms with Crippen molar-refractivity contribution in [2.75, 3.05) is 20.1 Å². The molecule has 1 unspecified atom stereocenters. The summed E-state index contributed by atoms with van der Waals surface area (Å²) in [6, 6.07) is 20.1. The molecular weight excluding hydrogens is 270 g/mol. The molecule has 0 saturated carbocycles. The van der Waals surface area contributed by atoms with Crippen LogP contribution in [0.25, 0.3) is 12.2 Å². The van der Waals surface area contributed by atoms with Crippen LogP contribution in [0.3, 0.4) is 0 Å². The first-order valence-electron chi connectivity index (χ1n) is 7.59. The number of carbonyl (C=O) groups is 1. The number of hydrogen-bond acceptors (Lipinski definition) is 1. The number of rotatable bonds is 2. The Balaban J connectivity index is 1.92. The zero-order valence-corrected chi connectivity index (χ0v) is 12.8. The third-order valence-corrected chi connectivity index (χ3v) is 3.85. The molecule has 0 aromatic heterocycles. The van der Waals surface area contributed by atoms with Gasteiger partial charge in [0.1, 0.15) is 13.1 Å². The van der Waals surface area contributed by atoms with Crippen LogP contribution in [0.5, 0.6) is 0 Å². The van der Waals surface area contributed by atoms with Gasteiger partial charge in [-0.1, -0.05) is 60.7 Å².